The van der Waals surface area contributed by atoms with E-state index in [0.717, 1.165) is 19.5 Å². The van der Waals surface area contributed by atoms with Crippen LogP contribution < -0.4 is 10.6 Å². The van der Waals surface area contributed by atoms with Crippen LogP contribution in [0, 0.1) is 5.92 Å². The van der Waals surface area contributed by atoms with Gasteiger partial charge in [0.25, 0.3) is 0 Å². The minimum absolute atomic E-state index is 0.00482. The molecule has 0 aliphatic carbocycles. The van der Waals surface area contributed by atoms with E-state index in [0.29, 0.717) is 12.5 Å². The largest absolute Gasteiger partial charge is 0.396 e. The summed E-state index contributed by atoms with van der Waals surface area (Å²) in [5.41, 5.74) is 0. The van der Waals surface area contributed by atoms with Gasteiger partial charge < -0.3 is 15.7 Å². The van der Waals surface area contributed by atoms with Gasteiger partial charge in [0.05, 0.1) is 0 Å². The number of aliphatic hydroxyl groups is 1. The fourth-order valence-electron chi connectivity index (χ4n) is 0.998. The van der Waals surface area contributed by atoms with E-state index in [1.54, 1.807) is 0 Å². The Balaban J connectivity index is 3.11. The highest BCUT2D eigenvalue weighted by Gasteiger charge is 1.99. The summed E-state index contributed by atoms with van der Waals surface area (Å²) in [6.45, 7) is 6.18. The summed E-state index contributed by atoms with van der Waals surface area (Å²) in [5.74, 6) is 0.493. The van der Waals surface area contributed by atoms with E-state index < -0.39 is 0 Å². The van der Waals surface area contributed by atoms with Crippen molar-refractivity contribution in [1.82, 2.24) is 10.6 Å². The van der Waals surface area contributed by atoms with Gasteiger partial charge in [-0.15, -0.1) is 0 Å². The van der Waals surface area contributed by atoms with Gasteiger partial charge in [-0.3, -0.25) is 4.79 Å². The molecule has 3 N–H and O–H groups in total. The van der Waals surface area contributed by atoms with Crippen LogP contribution in [0.4, 0.5) is 0 Å². The molecule has 0 aromatic carbocycles. The molecule has 0 aromatic rings. The highest BCUT2D eigenvalue weighted by Crippen LogP contribution is 1.96. The van der Waals surface area contributed by atoms with Crippen molar-refractivity contribution in [3.05, 3.63) is 0 Å². The van der Waals surface area contributed by atoms with Crippen LogP contribution in [0.1, 0.15) is 20.3 Å². The predicted octanol–water partition coefficient (Wildman–Crippen LogP) is -0.269. The molecule has 4 nitrogen and oxygen atoms in total. The minimum atomic E-state index is 0.00482. The molecule has 0 rings (SSSR count). The predicted molar refractivity (Wildman–Crippen MR) is 52.4 cm³/mol. The van der Waals surface area contributed by atoms with Gasteiger partial charge in [-0.2, -0.15) is 0 Å². The van der Waals surface area contributed by atoms with Crippen LogP contribution in [-0.4, -0.2) is 37.3 Å². The molecule has 4 heteroatoms. The van der Waals surface area contributed by atoms with E-state index in [1.807, 2.05) is 0 Å². The lowest BCUT2D eigenvalue weighted by molar-refractivity contribution is -0.118. The van der Waals surface area contributed by atoms with Crippen molar-refractivity contribution in [1.29, 1.82) is 0 Å². The van der Waals surface area contributed by atoms with Gasteiger partial charge >= 0.3 is 0 Å². The first-order valence-electron chi connectivity index (χ1n) is 4.72. The molecule has 0 saturated heterocycles. The molecule has 0 heterocycles. The SMILES string of the molecule is CC(=O)NCCNCC(C)CCO. The van der Waals surface area contributed by atoms with Crippen LogP contribution >= 0.6 is 0 Å². The maximum Gasteiger partial charge on any atom is 0.216 e. The lowest BCUT2D eigenvalue weighted by Gasteiger charge is -2.10. The number of carbonyl (C=O) groups is 1. The molecule has 0 aliphatic rings. The van der Waals surface area contributed by atoms with Crippen LogP contribution in [0.3, 0.4) is 0 Å². The number of hydrogen-bond acceptors (Lipinski definition) is 3. The summed E-state index contributed by atoms with van der Waals surface area (Å²) in [6.07, 6.45) is 0.827. The molecular weight excluding hydrogens is 168 g/mol. The average Bonchev–Trinajstić information content (AvgIpc) is 2.03. The molecule has 0 aliphatic heterocycles. The Labute approximate surface area is 79.7 Å². The molecule has 1 atom stereocenters. The first-order chi connectivity index (χ1) is 6.16. The average molecular weight is 188 g/mol. The molecule has 0 fully saturated rings. The van der Waals surface area contributed by atoms with Crippen LogP contribution in [0.2, 0.25) is 0 Å². The maximum absolute atomic E-state index is 10.5. The molecule has 0 bridgehead atoms. The molecule has 13 heavy (non-hydrogen) atoms. The van der Waals surface area contributed by atoms with Crippen molar-refractivity contribution in [3.63, 3.8) is 0 Å². The normalized spacial score (nSPS) is 12.5. The van der Waals surface area contributed by atoms with Crippen molar-refractivity contribution in [2.75, 3.05) is 26.2 Å². The Morgan fingerprint density at radius 2 is 2.15 bits per heavy atom. The van der Waals surface area contributed by atoms with E-state index >= 15 is 0 Å². The fourth-order valence-corrected chi connectivity index (χ4v) is 0.998. The van der Waals surface area contributed by atoms with Crippen molar-refractivity contribution in [3.8, 4) is 0 Å². The topological polar surface area (TPSA) is 61.4 Å². The summed E-state index contributed by atoms with van der Waals surface area (Å²) in [7, 11) is 0. The number of nitrogens with one attached hydrogen (secondary N) is 2. The van der Waals surface area contributed by atoms with E-state index in [1.165, 1.54) is 6.92 Å². The molecule has 1 amide bonds. The second-order valence-electron chi connectivity index (χ2n) is 3.30. The summed E-state index contributed by atoms with van der Waals surface area (Å²) >= 11 is 0. The summed E-state index contributed by atoms with van der Waals surface area (Å²) in [6, 6.07) is 0. The number of carbonyl (C=O) groups excluding carboxylic acids is 1. The second-order valence-corrected chi connectivity index (χ2v) is 3.30. The molecule has 78 valence electrons. The number of amides is 1. The van der Waals surface area contributed by atoms with Gasteiger partial charge in [0, 0.05) is 26.6 Å². The Kier molecular flexibility index (Phi) is 7.63. The van der Waals surface area contributed by atoms with E-state index in [2.05, 4.69) is 17.6 Å². The maximum atomic E-state index is 10.5. The quantitative estimate of drug-likeness (QED) is 0.482. The summed E-state index contributed by atoms with van der Waals surface area (Å²) < 4.78 is 0. The summed E-state index contributed by atoms with van der Waals surface area (Å²) in [4.78, 5) is 10.5. The Morgan fingerprint density at radius 3 is 2.69 bits per heavy atom. The third-order valence-electron chi connectivity index (χ3n) is 1.79. The van der Waals surface area contributed by atoms with Gasteiger partial charge in [0.1, 0.15) is 0 Å². The standard InChI is InChI=1S/C9H20N2O2/c1-8(3-6-12)7-10-4-5-11-9(2)13/h8,10,12H,3-7H2,1-2H3,(H,11,13). The molecule has 0 saturated carbocycles. The zero-order valence-electron chi connectivity index (χ0n) is 8.47. The van der Waals surface area contributed by atoms with Gasteiger partial charge in [-0.05, 0) is 18.9 Å². The van der Waals surface area contributed by atoms with E-state index in [-0.39, 0.29) is 12.5 Å². The van der Waals surface area contributed by atoms with Crippen molar-refractivity contribution < 1.29 is 9.90 Å². The van der Waals surface area contributed by atoms with Crippen molar-refractivity contribution in [2.24, 2.45) is 5.92 Å². The highest BCUT2D eigenvalue weighted by atomic mass is 16.3. The number of hydrogen-bond donors (Lipinski definition) is 3. The fraction of sp³-hybridized carbons (Fsp3) is 0.889. The van der Waals surface area contributed by atoms with Crippen molar-refractivity contribution >= 4 is 5.91 Å². The molecule has 1 unspecified atom stereocenters. The van der Waals surface area contributed by atoms with E-state index in [4.69, 9.17) is 5.11 Å². The van der Waals surface area contributed by atoms with Crippen LogP contribution in [0.15, 0.2) is 0 Å². The van der Waals surface area contributed by atoms with Crippen molar-refractivity contribution in [2.45, 2.75) is 20.3 Å². The van der Waals surface area contributed by atoms with E-state index in [9.17, 15) is 4.79 Å². The molecular formula is C9H20N2O2. The van der Waals surface area contributed by atoms with Gasteiger partial charge in [0.2, 0.25) is 5.91 Å². The molecule has 0 aromatic heterocycles. The van der Waals surface area contributed by atoms with Crippen LogP contribution in [0.5, 0.6) is 0 Å². The second kappa shape index (κ2) is 8.01. The zero-order valence-corrected chi connectivity index (χ0v) is 8.47. The third-order valence-corrected chi connectivity index (χ3v) is 1.79. The van der Waals surface area contributed by atoms with Gasteiger partial charge in [-0.25, -0.2) is 0 Å². The number of rotatable bonds is 7. The third kappa shape index (κ3) is 9.30. The molecule has 0 radical (unpaired) electrons. The molecule has 0 spiro atoms. The Bertz CT molecular complexity index is 140. The Hall–Kier alpha value is -0.610. The number of aliphatic hydroxyl groups excluding tert-OH is 1. The lowest BCUT2D eigenvalue weighted by atomic mass is 10.1. The van der Waals surface area contributed by atoms with Gasteiger partial charge in [-0.1, -0.05) is 6.92 Å². The van der Waals surface area contributed by atoms with Gasteiger partial charge in [0.15, 0.2) is 0 Å². The first kappa shape index (κ1) is 12.4. The monoisotopic (exact) mass is 188 g/mol. The first-order valence-corrected chi connectivity index (χ1v) is 4.72. The highest BCUT2D eigenvalue weighted by molar-refractivity contribution is 5.72. The zero-order chi connectivity index (χ0) is 10.1. The minimum Gasteiger partial charge on any atom is -0.396 e. The Morgan fingerprint density at radius 1 is 1.46 bits per heavy atom. The summed E-state index contributed by atoms with van der Waals surface area (Å²) in [5, 5.41) is 14.5. The van der Waals surface area contributed by atoms with Crippen LogP contribution in [-0.2, 0) is 4.79 Å². The smallest absolute Gasteiger partial charge is 0.216 e. The van der Waals surface area contributed by atoms with Crippen LogP contribution in [0.25, 0.3) is 0 Å². The lowest BCUT2D eigenvalue weighted by Crippen LogP contribution is -2.32.